The molecule has 0 saturated carbocycles. The molecular formula is C24H21N3O2. The molecule has 29 heavy (non-hydrogen) atoms. The molecule has 0 aliphatic heterocycles. The maximum Gasteiger partial charge on any atom is 0.256 e. The van der Waals surface area contributed by atoms with Gasteiger partial charge in [0.1, 0.15) is 5.75 Å². The Morgan fingerprint density at radius 3 is 2.41 bits per heavy atom. The average Bonchev–Trinajstić information content (AvgIpc) is 2.74. The first kappa shape index (κ1) is 18.6. The number of nitrogens with zero attached hydrogens (tertiary/aromatic N) is 2. The van der Waals surface area contributed by atoms with Gasteiger partial charge in [0.05, 0.1) is 22.9 Å². The predicted molar refractivity (Wildman–Crippen MR) is 115 cm³/mol. The number of fused-ring (bicyclic) bond motifs is 1. The molecule has 4 aromatic rings. The summed E-state index contributed by atoms with van der Waals surface area (Å²) in [6, 6.07) is 20.8. The fourth-order valence-electron chi connectivity index (χ4n) is 3.12. The number of pyridine rings is 2. The molecule has 5 nitrogen and oxygen atoms in total. The lowest BCUT2D eigenvalue weighted by Gasteiger charge is -2.12. The molecule has 0 aliphatic carbocycles. The Morgan fingerprint density at radius 2 is 1.69 bits per heavy atom. The summed E-state index contributed by atoms with van der Waals surface area (Å²) in [5, 5.41) is 3.74. The first-order valence-corrected chi connectivity index (χ1v) is 9.48. The molecule has 1 N–H and O–H groups in total. The summed E-state index contributed by atoms with van der Waals surface area (Å²) in [6.45, 7) is 3.99. The van der Waals surface area contributed by atoms with Crippen molar-refractivity contribution in [2.45, 2.75) is 20.0 Å². The second kappa shape index (κ2) is 8.10. The van der Waals surface area contributed by atoms with Gasteiger partial charge in [-0.3, -0.25) is 9.78 Å². The third-order valence-electron chi connectivity index (χ3n) is 4.42. The van der Waals surface area contributed by atoms with E-state index in [-0.39, 0.29) is 12.0 Å². The minimum absolute atomic E-state index is 0.114. The lowest BCUT2D eigenvalue weighted by molar-refractivity contribution is 0.102. The van der Waals surface area contributed by atoms with Crippen molar-refractivity contribution in [3.05, 3.63) is 84.7 Å². The van der Waals surface area contributed by atoms with E-state index in [2.05, 4.69) is 10.3 Å². The van der Waals surface area contributed by atoms with Crippen molar-refractivity contribution in [2.24, 2.45) is 0 Å². The van der Waals surface area contributed by atoms with Gasteiger partial charge in [-0.2, -0.15) is 0 Å². The van der Waals surface area contributed by atoms with E-state index in [1.807, 2.05) is 68.4 Å². The van der Waals surface area contributed by atoms with Gasteiger partial charge in [0.25, 0.3) is 5.91 Å². The molecule has 2 aromatic carbocycles. The van der Waals surface area contributed by atoms with Crippen LogP contribution in [0.25, 0.3) is 22.2 Å². The molecule has 0 fully saturated rings. The Bertz CT molecular complexity index is 1140. The van der Waals surface area contributed by atoms with Crippen LogP contribution in [-0.4, -0.2) is 22.0 Å². The third-order valence-corrected chi connectivity index (χ3v) is 4.42. The Hall–Kier alpha value is -3.73. The van der Waals surface area contributed by atoms with Crippen molar-refractivity contribution in [2.75, 3.05) is 5.32 Å². The Morgan fingerprint density at radius 1 is 0.966 bits per heavy atom. The number of nitrogens with one attached hydrogen (secondary N) is 1. The topological polar surface area (TPSA) is 64.1 Å². The van der Waals surface area contributed by atoms with Crippen LogP contribution in [0.5, 0.6) is 5.75 Å². The minimum Gasteiger partial charge on any atom is -0.491 e. The van der Waals surface area contributed by atoms with Gasteiger partial charge in [-0.25, -0.2) is 4.98 Å². The summed E-state index contributed by atoms with van der Waals surface area (Å²) in [5.74, 6) is 0.621. The molecule has 1 amide bonds. The van der Waals surface area contributed by atoms with E-state index in [1.54, 1.807) is 24.5 Å². The highest BCUT2D eigenvalue weighted by atomic mass is 16.5. The minimum atomic E-state index is -0.184. The number of carbonyl (C=O) groups is 1. The van der Waals surface area contributed by atoms with E-state index < -0.39 is 0 Å². The number of rotatable bonds is 5. The number of anilines is 1. The second-order valence-corrected chi connectivity index (χ2v) is 6.95. The smallest absolute Gasteiger partial charge is 0.256 e. The van der Waals surface area contributed by atoms with Gasteiger partial charge in [0, 0.05) is 29.0 Å². The number of amides is 1. The highest BCUT2D eigenvalue weighted by molar-refractivity contribution is 6.13. The fourth-order valence-corrected chi connectivity index (χ4v) is 3.12. The van der Waals surface area contributed by atoms with Crippen molar-refractivity contribution in [1.82, 2.24) is 9.97 Å². The third kappa shape index (κ3) is 4.24. The average molecular weight is 383 g/mol. The van der Waals surface area contributed by atoms with E-state index in [0.29, 0.717) is 11.3 Å². The molecule has 144 valence electrons. The predicted octanol–water partition coefficient (Wildman–Crippen LogP) is 5.34. The summed E-state index contributed by atoms with van der Waals surface area (Å²) in [7, 11) is 0. The fraction of sp³-hybridized carbons (Fsp3) is 0.125. The van der Waals surface area contributed by atoms with Gasteiger partial charge in [0.2, 0.25) is 0 Å². The molecule has 5 heteroatoms. The quantitative estimate of drug-likeness (QED) is 0.505. The lowest BCUT2D eigenvalue weighted by Crippen LogP contribution is -2.13. The van der Waals surface area contributed by atoms with Gasteiger partial charge < -0.3 is 10.1 Å². The lowest BCUT2D eigenvalue weighted by atomic mass is 10.0. The zero-order chi connectivity index (χ0) is 20.2. The number of ether oxygens (including phenoxy) is 1. The SMILES string of the molecule is CC(C)Oc1ccc(-c2cc(C(=O)Nc3ccncc3)c3ccccc3n2)cc1. The molecule has 0 aliphatic rings. The van der Waals surface area contributed by atoms with Gasteiger partial charge in [-0.1, -0.05) is 18.2 Å². The summed E-state index contributed by atoms with van der Waals surface area (Å²) in [5.41, 5.74) is 3.70. The molecule has 0 atom stereocenters. The standard InChI is InChI=1S/C24H21N3O2/c1-16(2)29-19-9-7-17(8-10-19)23-15-21(20-5-3-4-6-22(20)27-23)24(28)26-18-11-13-25-14-12-18/h3-16H,1-2H3,(H,25,26,28). The number of benzene rings is 2. The Kier molecular flexibility index (Phi) is 5.20. The molecule has 0 saturated heterocycles. The first-order chi connectivity index (χ1) is 14.1. The normalized spacial score (nSPS) is 10.9. The summed E-state index contributed by atoms with van der Waals surface area (Å²) in [4.78, 5) is 21.7. The monoisotopic (exact) mass is 383 g/mol. The molecular weight excluding hydrogens is 362 g/mol. The van der Waals surface area contributed by atoms with E-state index >= 15 is 0 Å². The van der Waals surface area contributed by atoms with E-state index in [4.69, 9.17) is 9.72 Å². The highest BCUT2D eigenvalue weighted by Crippen LogP contribution is 2.27. The molecule has 2 aromatic heterocycles. The zero-order valence-electron chi connectivity index (χ0n) is 16.3. The van der Waals surface area contributed by atoms with Crippen LogP contribution in [0, 0.1) is 0 Å². The summed E-state index contributed by atoms with van der Waals surface area (Å²) >= 11 is 0. The maximum absolute atomic E-state index is 13.0. The highest BCUT2D eigenvalue weighted by Gasteiger charge is 2.14. The number of para-hydroxylation sites is 1. The van der Waals surface area contributed by atoms with Crippen LogP contribution in [0.4, 0.5) is 5.69 Å². The van der Waals surface area contributed by atoms with E-state index in [1.165, 1.54) is 0 Å². The van der Waals surface area contributed by atoms with Crippen molar-refractivity contribution in [3.63, 3.8) is 0 Å². The first-order valence-electron chi connectivity index (χ1n) is 9.48. The molecule has 0 radical (unpaired) electrons. The van der Waals surface area contributed by atoms with Crippen LogP contribution in [0.1, 0.15) is 24.2 Å². The van der Waals surface area contributed by atoms with Gasteiger partial charge in [-0.05, 0) is 62.4 Å². The van der Waals surface area contributed by atoms with Gasteiger partial charge >= 0.3 is 0 Å². The van der Waals surface area contributed by atoms with Crippen LogP contribution in [0.2, 0.25) is 0 Å². The number of aromatic nitrogens is 2. The van der Waals surface area contributed by atoms with Crippen molar-refractivity contribution in [3.8, 4) is 17.0 Å². The molecule has 0 spiro atoms. The van der Waals surface area contributed by atoms with Crippen LogP contribution in [0.15, 0.2) is 79.1 Å². The van der Waals surface area contributed by atoms with Gasteiger partial charge in [-0.15, -0.1) is 0 Å². The molecule has 0 bridgehead atoms. The Labute approximate surface area is 169 Å². The maximum atomic E-state index is 13.0. The zero-order valence-corrected chi connectivity index (χ0v) is 16.3. The number of hydrogen-bond acceptors (Lipinski definition) is 4. The second-order valence-electron chi connectivity index (χ2n) is 6.95. The van der Waals surface area contributed by atoms with Crippen LogP contribution >= 0.6 is 0 Å². The van der Waals surface area contributed by atoms with Crippen molar-refractivity contribution < 1.29 is 9.53 Å². The largest absolute Gasteiger partial charge is 0.491 e. The van der Waals surface area contributed by atoms with Crippen LogP contribution in [-0.2, 0) is 0 Å². The number of hydrogen-bond donors (Lipinski definition) is 1. The van der Waals surface area contributed by atoms with Crippen molar-refractivity contribution in [1.29, 1.82) is 0 Å². The van der Waals surface area contributed by atoms with E-state index in [9.17, 15) is 4.79 Å². The summed E-state index contributed by atoms with van der Waals surface area (Å²) in [6.07, 6.45) is 3.40. The van der Waals surface area contributed by atoms with Crippen LogP contribution < -0.4 is 10.1 Å². The molecule has 0 unspecified atom stereocenters. The van der Waals surface area contributed by atoms with Crippen LogP contribution in [0.3, 0.4) is 0 Å². The molecule has 2 heterocycles. The summed E-state index contributed by atoms with van der Waals surface area (Å²) < 4.78 is 5.71. The van der Waals surface area contributed by atoms with E-state index in [0.717, 1.165) is 27.9 Å². The Balaban J connectivity index is 1.73. The van der Waals surface area contributed by atoms with Gasteiger partial charge in [0.15, 0.2) is 0 Å². The molecule has 4 rings (SSSR count). The van der Waals surface area contributed by atoms with Crippen molar-refractivity contribution >= 4 is 22.5 Å². The number of carbonyl (C=O) groups excluding carboxylic acids is 1.